The van der Waals surface area contributed by atoms with Crippen LogP contribution in [0.5, 0.6) is 0 Å². The molecule has 0 saturated carbocycles. The van der Waals surface area contributed by atoms with Gasteiger partial charge in [-0.15, -0.1) is 0 Å². The Bertz CT molecular complexity index is 572. The van der Waals surface area contributed by atoms with Crippen LogP contribution in [0.2, 0.25) is 0 Å². The van der Waals surface area contributed by atoms with Gasteiger partial charge in [0.1, 0.15) is 10.7 Å². The van der Waals surface area contributed by atoms with E-state index in [0.29, 0.717) is 24.8 Å². The second kappa shape index (κ2) is 7.35. The molecule has 0 aliphatic carbocycles. The predicted molar refractivity (Wildman–Crippen MR) is 72.4 cm³/mol. The lowest BCUT2D eigenvalue weighted by atomic mass is 10.2. The molecule has 112 valence electrons. The van der Waals surface area contributed by atoms with Crippen molar-refractivity contribution in [1.82, 2.24) is 4.72 Å². The Hall–Kier alpha value is -1.47. The third kappa shape index (κ3) is 5.26. The minimum atomic E-state index is -3.86. The number of hydrogen-bond acceptors (Lipinski definition) is 3. The molecule has 0 aliphatic heterocycles. The van der Waals surface area contributed by atoms with E-state index in [9.17, 15) is 17.6 Å². The molecule has 20 heavy (non-hydrogen) atoms. The second-order valence-corrected chi connectivity index (χ2v) is 6.27. The molecule has 0 fully saturated rings. The van der Waals surface area contributed by atoms with Crippen LogP contribution in [-0.2, 0) is 14.8 Å². The van der Waals surface area contributed by atoms with E-state index in [2.05, 4.69) is 4.72 Å². The summed E-state index contributed by atoms with van der Waals surface area (Å²) in [6, 6.07) is 3.90. The maximum absolute atomic E-state index is 13.5. The largest absolute Gasteiger partial charge is 0.481 e. The molecule has 0 unspecified atom stereocenters. The summed E-state index contributed by atoms with van der Waals surface area (Å²) < 4.78 is 39.6. The fourth-order valence-electron chi connectivity index (χ4n) is 1.68. The lowest BCUT2D eigenvalue weighted by Crippen LogP contribution is -2.25. The molecular formula is C13H18FNO4S. The minimum Gasteiger partial charge on any atom is -0.481 e. The van der Waals surface area contributed by atoms with Crippen LogP contribution in [0, 0.1) is 12.7 Å². The molecule has 7 heteroatoms. The average Bonchev–Trinajstić information content (AvgIpc) is 2.36. The fourth-order valence-corrected chi connectivity index (χ4v) is 2.91. The fraction of sp³-hybridized carbons (Fsp3) is 0.462. The van der Waals surface area contributed by atoms with Gasteiger partial charge in [0.2, 0.25) is 10.0 Å². The highest BCUT2D eigenvalue weighted by Crippen LogP contribution is 2.15. The van der Waals surface area contributed by atoms with Gasteiger partial charge >= 0.3 is 5.97 Å². The zero-order chi connectivity index (χ0) is 15.2. The Morgan fingerprint density at radius 3 is 2.65 bits per heavy atom. The van der Waals surface area contributed by atoms with Crippen molar-refractivity contribution in [2.75, 3.05) is 6.54 Å². The van der Waals surface area contributed by atoms with Crippen LogP contribution >= 0.6 is 0 Å². The van der Waals surface area contributed by atoms with E-state index in [1.54, 1.807) is 6.92 Å². The van der Waals surface area contributed by atoms with E-state index < -0.39 is 21.8 Å². The van der Waals surface area contributed by atoms with Gasteiger partial charge in [0, 0.05) is 13.0 Å². The van der Waals surface area contributed by atoms with Gasteiger partial charge in [-0.25, -0.2) is 17.5 Å². The Balaban J connectivity index is 2.50. The minimum absolute atomic E-state index is 0.0687. The summed E-state index contributed by atoms with van der Waals surface area (Å²) in [5.74, 6) is -1.65. The number of rotatable bonds is 8. The molecule has 0 heterocycles. The van der Waals surface area contributed by atoms with Crippen molar-refractivity contribution >= 4 is 16.0 Å². The summed E-state index contributed by atoms with van der Waals surface area (Å²) >= 11 is 0. The van der Waals surface area contributed by atoms with Gasteiger partial charge in [0.25, 0.3) is 0 Å². The molecule has 0 amide bonds. The first-order chi connectivity index (χ1) is 9.33. The smallest absolute Gasteiger partial charge is 0.303 e. The Morgan fingerprint density at radius 2 is 2.00 bits per heavy atom. The van der Waals surface area contributed by atoms with Crippen LogP contribution in [0.4, 0.5) is 4.39 Å². The van der Waals surface area contributed by atoms with E-state index in [4.69, 9.17) is 5.11 Å². The number of carboxylic acids is 1. The van der Waals surface area contributed by atoms with Gasteiger partial charge in [-0.05, 0) is 37.5 Å². The Labute approximate surface area is 117 Å². The molecule has 5 nitrogen and oxygen atoms in total. The molecule has 0 radical (unpaired) electrons. The molecule has 0 bridgehead atoms. The number of benzene rings is 1. The molecule has 0 spiro atoms. The van der Waals surface area contributed by atoms with Crippen molar-refractivity contribution < 1.29 is 22.7 Å². The quantitative estimate of drug-likeness (QED) is 0.720. The highest BCUT2D eigenvalue weighted by Gasteiger charge is 2.18. The van der Waals surface area contributed by atoms with Crippen molar-refractivity contribution in [2.24, 2.45) is 0 Å². The van der Waals surface area contributed by atoms with Crippen LogP contribution < -0.4 is 4.72 Å². The summed E-state index contributed by atoms with van der Waals surface area (Å²) in [5.41, 5.74) is 0.660. The topological polar surface area (TPSA) is 83.5 Å². The first-order valence-corrected chi connectivity index (χ1v) is 7.79. The van der Waals surface area contributed by atoms with Crippen LogP contribution in [0.1, 0.15) is 31.2 Å². The van der Waals surface area contributed by atoms with Crippen molar-refractivity contribution in [3.05, 3.63) is 29.6 Å². The lowest BCUT2D eigenvalue weighted by Gasteiger charge is -2.08. The van der Waals surface area contributed by atoms with E-state index in [-0.39, 0.29) is 17.9 Å². The van der Waals surface area contributed by atoms with Crippen molar-refractivity contribution in [2.45, 2.75) is 37.5 Å². The predicted octanol–water partition coefficient (Wildman–Crippen LogP) is 2.06. The van der Waals surface area contributed by atoms with Crippen molar-refractivity contribution in [3.8, 4) is 0 Å². The van der Waals surface area contributed by atoms with Crippen LogP contribution in [0.15, 0.2) is 23.1 Å². The Kier molecular flexibility index (Phi) is 6.09. The molecule has 0 aliphatic rings. The van der Waals surface area contributed by atoms with Crippen molar-refractivity contribution in [3.63, 3.8) is 0 Å². The number of sulfonamides is 1. The van der Waals surface area contributed by atoms with E-state index in [1.165, 1.54) is 12.1 Å². The summed E-state index contributed by atoms with van der Waals surface area (Å²) in [5, 5.41) is 8.45. The number of aryl methyl sites for hydroxylation is 1. The highest BCUT2D eigenvalue weighted by atomic mass is 32.2. The summed E-state index contributed by atoms with van der Waals surface area (Å²) in [6.45, 7) is 1.85. The van der Waals surface area contributed by atoms with E-state index in [1.807, 2.05) is 0 Å². The van der Waals surface area contributed by atoms with Gasteiger partial charge in [-0.3, -0.25) is 4.79 Å². The lowest BCUT2D eigenvalue weighted by molar-refractivity contribution is -0.137. The zero-order valence-electron chi connectivity index (χ0n) is 11.2. The first-order valence-electron chi connectivity index (χ1n) is 6.30. The average molecular weight is 303 g/mol. The Morgan fingerprint density at radius 1 is 1.30 bits per heavy atom. The van der Waals surface area contributed by atoms with Crippen LogP contribution in [-0.4, -0.2) is 26.0 Å². The molecule has 0 aromatic heterocycles. The number of carbonyl (C=O) groups is 1. The normalized spacial score (nSPS) is 11.5. The standard InChI is InChI=1S/C13H18FNO4S/c1-10-6-7-11(14)12(9-10)20(18,19)15-8-4-2-3-5-13(16)17/h6-7,9,15H,2-5,8H2,1H3,(H,16,17). The molecular weight excluding hydrogens is 285 g/mol. The molecule has 1 aromatic carbocycles. The third-order valence-electron chi connectivity index (χ3n) is 2.74. The van der Waals surface area contributed by atoms with Gasteiger partial charge in [-0.2, -0.15) is 0 Å². The van der Waals surface area contributed by atoms with E-state index >= 15 is 0 Å². The van der Waals surface area contributed by atoms with Crippen LogP contribution in [0.3, 0.4) is 0 Å². The molecule has 1 rings (SSSR count). The number of hydrogen-bond donors (Lipinski definition) is 2. The monoisotopic (exact) mass is 303 g/mol. The summed E-state index contributed by atoms with van der Waals surface area (Å²) in [7, 11) is -3.86. The van der Waals surface area contributed by atoms with Gasteiger partial charge in [-0.1, -0.05) is 12.5 Å². The zero-order valence-corrected chi connectivity index (χ0v) is 12.0. The number of nitrogens with one attached hydrogen (secondary N) is 1. The number of unbranched alkanes of at least 4 members (excludes halogenated alkanes) is 2. The molecule has 1 aromatic rings. The maximum atomic E-state index is 13.5. The summed E-state index contributed by atoms with van der Waals surface area (Å²) in [4.78, 5) is 9.93. The van der Waals surface area contributed by atoms with Gasteiger partial charge < -0.3 is 5.11 Å². The van der Waals surface area contributed by atoms with Gasteiger partial charge in [0.15, 0.2) is 0 Å². The number of aliphatic carboxylic acids is 1. The maximum Gasteiger partial charge on any atom is 0.303 e. The van der Waals surface area contributed by atoms with Crippen molar-refractivity contribution in [1.29, 1.82) is 0 Å². The number of halogens is 1. The highest BCUT2D eigenvalue weighted by molar-refractivity contribution is 7.89. The molecule has 0 atom stereocenters. The number of carboxylic acid groups (broad SMARTS) is 1. The van der Waals surface area contributed by atoms with E-state index in [0.717, 1.165) is 6.07 Å². The second-order valence-electron chi connectivity index (χ2n) is 4.54. The van der Waals surface area contributed by atoms with Gasteiger partial charge in [0.05, 0.1) is 0 Å². The SMILES string of the molecule is Cc1ccc(F)c(S(=O)(=O)NCCCCCC(=O)O)c1. The summed E-state index contributed by atoms with van der Waals surface area (Å²) in [6.07, 6.45) is 1.68. The first kappa shape index (κ1) is 16.6. The molecule has 2 N–H and O–H groups in total. The van der Waals surface area contributed by atoms with Crippen LogP contribution in [0.25, 0.3) is 0 Å². The molecule has 0 saturated heterocycles. The third-order valence-corrected chi connectivity index (χ3v) is 4.21.